The van der Waals surface area contributed by atoms with E-state index in [1.807, 2.05) is 0 Å². The van der Waals surface area contributed by atoms with Crippen molar-refractivity contribution < 1.29 is 37.4 Å². The molecule has 34 heavy (non-hydrogen) atoms. The number of fused-ring (bicyclic) bond motifs is 1. The van der Waals surface area contributed by atoms with E-state index in [0.29, 0.717) is 16.7 Å². The van der Waals surface area contributed by atoms with Gasteiger partial charge in [-0.25, -0.2) is 4.79 Å². The number of rotatable bonds is 6. The summed E-state index contributed by atoms with van der Waals surface area (Å²) in [5.41, 5.74) is 1.72. The van der Waals surface area contributed by atoms with E-state index in [0.717, 1.165) is 6.07 Å². The first-order valence-electron chi connectivity index (χ1n) is 10.2. The van der Waals surface area contributed by atoms with Gasteiger partial charge in [0.2, 0.25) is 11.8 Å². The van der Waals surface area contributed by atoms with Gasteiger partial charge < -0.3 is 14.4 Å². The molecule has 2 aromatic rings. The molecule has 178 valence electrons. The number of nitrogens with zero attached hydrogens (tertiary/aromatic N) is 1. The molecule has 4 amide bonds. The number of halogens is 3. The van der Waals surface area contributed by atoms with Crippen LogP contribution in [-0.4, -0.2) is 41.4 Å². The van der Waals surface area contributed by atoms with Crippen LogP contribution in [0.4, 0.5) is 19.3 Å². The number of nitrogens with one attached hydrogen (secondary N) is 2. The molecule has 2 aliphatic rings. The van der Waals surface area contributed by atoms with Crippen LogP contribution >= 0.6 is 11.6 Å². The first-order valence-corrected chi connectivity index (χ1v) is 10.5. The molecule has 2 aliphatic heterocycles. The number of benzene rings is 2. The van der Waals surface area contributed by atoms with Crippen LogP contribution in [0.5, 0.6) is 5.75 Å². The molecule has 0 bridgehead atoms. The Morgan fingerprint density at radius 2 is 2.00 bits per heavy atom. The van der Waals surface area contributed by atoms with Gasteiger partial charge >= 0.3 is 12.7 Å². The number of hydrogen-bond acceptors (Lipinski definition) is 6. The maximum atomic E-state index is 12.9. The number of amides is 4. The number of anilines is 1. The largest absolute Gasteiger partial charge is 0.444 e. The summed E-state index contributed by atoms with van der Waals surface area (Å²) in [7, 11) is 0. The van der Waals surface area contributed by atoms with Gasteiger partial charge in [-0.3, -0.25) is 25.0 Å². The number of piperidine rings is 1. The number of hydrogen-bond donors (Lipinski definition) is 2. The molecule has 9 nitrogen and oxygen atoms in total. The van der Waals surface area contributed by atoms with Crippen LogP contribution in [0.3, 0.4) is 0 Å². The fraction of sp³-hybridized carbons (Fsp3) is 0.273. The van der Waals surface area contributed by atoms with Crippen LogP contribution in [-0.2, 0) is 27.5 Å². The molecule has 0 saturated carbocycles. The van der Waals surface area contributed by atoms with Crippen molar-refractivity contribution in [3.8, 4) is 5.75 Å². The Kier molecular flexibility index (Phi) is 6.64. The molecule has 1 unspecified atom stereocenters. The predicted octanol–water partition coefficient (Wildman–Crippen LogP) is 3.45. The van der Waals surface area contributed by atoms with E-state index in [1.54, 1.807) is 18.2 Å². The molecule has 2 heterocycles. The molecule has 1 saturated heterocycles. The second-order valence-corrected chi connectivity index (χ2v) is 8.08. The van der Waals surface area contributed by atoms with Crippen LogP contribution in [0.1, 0.15) is 34.3 Å². The van der Waals surface area contributed by atoms with E-state index in [4.69, 9.17) is 16.3 Å². The van der Waals surface area contributed by atoms with Crippen molar-refractivity contribution in [2.24, 2.45) is 0 Å². The van der Waals surface area contributed by atoms with Gasteiger partial charge in [-0.15, -0.1) is 0 Å². The maximum Gasteiger partial charge on any atom is 0.411 e. The molecule has 0 aromatic heterocycles. The van der Waals surface area contributed by atoms with E-state index in [9.17, 15) is 28.0 Å². The normalized spacial score (nSPS) is 17.5. The average Bonchev–Trinajstić information content (AvgIpc) is 3.07. The standard InChI is InChI=1S/C22H18ClF2N3O6/c23-13-6-14(8-15(7-13)34-21(24)25)26-22(32)33-10-11-1-2-12-9-28(20(31)16(12)5-11)17-3-4-18(29)27-19(17)30/h1-2,5-8,17,21H,3-4,9-10H2,(H,26,32)(H,27,29,30). The molecular formula is C22H18ClF2N3O6. The summed E-state index contributed by atoms with van der Waals surface area (Å²) in [4.78, 5) is 49.9. The van der Waals surface area contributed by atoms with Gasteiger partial charge in [-0.1, -0.05) is 23.7 Å². The van der Waals surface area contributed by atoms with Gasteiger partial charge in [0.05, 0.1) is 0 Å². The lowest BCUT2D eigenvalue weighted by molar-refractivity contribution is -0.136. The Morgan fingerprint density at radius 3 is 2.74 bits per heavy atom. The first-order chi connectivity index (χ1) is 16.2. The molecular weight excluding hydrogens is 476 g/mol. The third-order valence-electron chi connectivity index (χ3n) is 5.31. The number of carbonyl (C=O) groups is 4. The zero-order chi connectivity index (χ0) is 24.4. The second-order valence-electron chi connectivity index (χ2n) is 7.65. The topological polar surface area (TPSA) is 114 Å². The minimum absolute atomic E-state index is 0.0751. The summed E-state index contributed by atoms with van der Waals surface area (Å²) in [5.74, 6) is -1.43. The Balaban J connectivity index is 1.37. The van der Waals surface area contributed by atoms with Crippen molar-refractivity contribution in [1.29, 1.82) is 0 Å². The molecule has 0 radical (unpaired) electrons. The van der Waals surface area contributed by atoms with E-state index >= 15 is 0 Å². The maximum absolute atomic E-state index is 12.9. The molecule has 0 aliphatic carbocycles. The average molecular weight is 494 g/mol. The zero-order valence-electron chi connectivity index (χ0n) is 17.5. The van der Waals surface area contributed by atoms with E-state index in [-0.39, 0.29) is 54.3 Å². The van der Waals surface area contributed by atoms with Crippen molar-refractivity contribution in [3.05, 3.63) is 58.1 Å². The van der Waals surface area contributed by atoms with E-state index in [1.165, 1.54) is 17.0 Å². The van der Waals surface area contributed by atoms with Crippen LogP contribution in [0.25, 0.3) is 0 Å². The summed E-state index contributed by atoms with van der Waals surface area (Å²) in [6.45, 7) is -2.99. The smallest absolute Gasteiger partial charge is 0.411 e. The summed E-state index contributed by atoms with van der Waals surface area (Å²) in [6.07, 6.45) is -0.455. The van der Waals surface area contributed by atoms with E-state index < -0.39 is 24.7 Å². The Bertz CT molecular complexity index is 1180. The highest BCUT2D eigenvalue weighted by Crippen LogP contribution is 2.29. The van der Waals surface area contributed by atoms with Crippen LogP contribution in [0, 0.1) is 0 Å². The lowest BCUT2D eigenvalue weighted by Gasteiger charge is -2.29. The number of carbonyl (C=O) groups excluding carboxylic acids is 4. The Labute approximate surface area is 196 Å². The zero-order valence-corrected chi connectivity index (χ0v) is 18.2. The van der Waals surface area contributed by atoms with Crippen molar-refractivity contribution in [2.45, 2.75) is 38.6 Å². The van der Waals surface area contributed by atoms with Crippen molar-refractivity contribution in [2.75, 3.05) is 5.32 Å². The predicted molar refractivity (Wildman–Crippen MR) is 114 cm³/mol. The lowest BCUT2D eigenvalue weighted by atomic mass is 10.0. The highest BCUT2D eigenvalue weighted by atomic mass is 35.5. The van der Waals surface area contributed by atoms with Crippen LogP contribution in [0.2, 0.25) is 5.02 Å². The van der Waals surface area contributed by atoms with Crippen LogP contribution < -0.4 is 15.4 Å². The van der Waals surface area contributed by atoms with Gasteiger partial charge in [0.15, 0.2) is 0 Å². The minimum Gasteiger partial charge on any atom is -0.444 e. The highest BCUT2D eigenvalue weighted by Gasteiger charge is 2.39. The fourth-order valence-electron chi connectivity index (χ4n) is 3.80. The molecule has 4 rings (SSSR count). The monoisotopic (exact) mass is 493 g/mol. The Hall–Kier alpha value is -3.73. The number of imide groups is 1. The van der Waals surface area contributed by atoms with Gasteiger partial charge in [0.1, 0.15) is 18.4 Å². The SMILES string of the molecule is O=C1CCC(N2Cc3ccc(COC(=O)Nc4cc(Cl)cc(OC(F)F)c4)cc3C2=O)C(=O)N1. The fourth-order valence-corrected chi connectivity index (χ4v) is 4.03. The summed E-state index contributed by atoms with van der Waals surface area (Å²) in [6, 6.07) is 7.91. The van der Waals surface area contributed by atoms with Gasteiger partial charge in [0, 0.05) is 35.3 Å². The molecule has 1 fully saturated rings. The lowest BCUT2D eigenvalue weighted by Crippen LogP contribution is -2.52. The molecule has 2 N–H and O–H groups in total. The number of ether oxygens (including phenoxy) is 2. The highest BCUT2D eigenvalue weighted by molar-refractivity contribution is 6.31. The summed E-state index contributed by atoms with van der Waals surface area (Å²) >= 11 is 5.85. The van der Waals surface area contributed by atoms with Gasteiger partial charge in [-0.2, -0.15) is 8.78 Å². The number of alkyl halides is 2. The Morgan fingerprint density at radius 1 is 1.21 bits per heavy atom. The van der Waals surface area contributed by atoms with E-state index in [2.05, 4.69) is 15.4 Å². The van der Waals surface area contributed by atoms with Crippen molar-refractivity contribution in [3.63, 3.8) is 0 Å². The van der Waals surface area contributed by atoms with Crippen molar-refractivity contribution >= 4 is 41.1 Å². The van der Waals surface area contributed by atoms with Crippen LogP contribution in [0.15, 0.2) is 36.4 Å². The van der Waals surface area contributed by atoms with Gasteiger partial charge in [-0.05, 0) is 35.7 Å². The minimum atomic E-state index is -3.05. The van der Waals surface area contributed by atoms with Crippen molar-refractivity contribution in [1.82, 2.24) is 10.2 Å². The summed E-state index contributed by atoms with van der Waals surface area (Å²) < 4.78 is 34.2. The van der Waals surface area contributed by atoms with Gasteiger partial charge in [0.25, 0.3) is 5.91 Å². The molecule has 1 atom stereocenters. The molecule has 0 spiro atoms. The summed E-state index contributed by atoms with van der Waals surface area (Å²) in [5, 5.41) is 4.69. The second kappa shape index (κ2) is 9.64. The third kappa shape index (κ3) is 5.25. The quantitative estimate of drug-likeness (QED) is 0.596. The molecule has 2 aromatic carbocycles. The first kappa shape index (κ1) is 23.4. The third-order valence-corrected chi connectivity index (χ3v) is 5.52. The molecule has 12 heteroatoms.